The molecule has 3 amide bonds. The van der Waals surface area contributed by atoms with Gasteiger partial charge in [-0.05, 0) is 42.5 Å². The number of nitrogens with zero attached hydrogens (tertiary/aromatic N) is 2. The van der Waals surface area contributed by atoms with Crippen molar-refractivity contribution in [1.29, 1.82) is 0 Å². The van der Waals surface area contributed by atoms with Crippen LogP contribution in [0.25, 0.3) is 0 Å². The van der Waals surface area contributed by atoms with Crippen molar-refractivity contribution in [2.75, 3.05) is 6.54 Å². The summed E-state index contributed by atoms with van der Waals surface area (Å²) in [6.07, 6.45) is 2.95. The SMILES string of the molecule is O=C(CN(C(=O)c1ccc(Cl)c(Cl)c1)N1C(=O)[C@H]2CCCC[C@@H]2C1=O)c1cccs1. The van der Waals surface area contributed by atoms with Crippen molar-refractivity contribution in [3.8, 4) is 0 Å². The molecule has 1 aliphatic heterocycles. The number of carbonyl (C=O) groups excluding carboxylic acids is 4. The number of thiophene rings is 1. The lowest BCUT2D eigenvalue weighted by molar-refractivity contribution is -0.154. The number of halogens is 2. The normalized spacial score (nSPS) is 20.9. The maximum absolute atomic E-state index is 13.3. The van der Waals surface area contributed by atoms with E-state index < -0.39 is 36.1 Å². The second-order valence-electron chi connectivity index (χ2n) is 7.38. The van der Waals surface area contributed by atoms with Gasteiger partial charge in [-0.3, -0.25) is 19.2 Å². The van der Waals surface area contributed by atoms with Crippen molar-refractivity contribution in [2.45, 2.75) is 25.7 Å². The molecule has 0 N–H and O–H groups in total. The van der Waals surface area contributed by atoms with Gasteiger partial charge in [-0.2, -0.15) is 5.01 Å². The summed E-state index contributed by atoms with van der Waals surface area (Å²) in [7, 11) is 0. The zero-order chi connectivity index (χ0) is 21.4. The molecule has 0 unspecified atom stereocenters. The van der Waals surface area contributed by atoms with Crippen molar-refractivity contribution in [3.05, 3.63) is 56.2 Å². The molecule has 1 saturated carbocycles. The van der Waals surface area contributed by atoms with Crippen LogP contribution < -0.4 is 0 Å². The number of ketones is 1. The van der Waals surface area contributed by atoms with Gasteiger partial charge in [-0.25, -0.2) is 5.01 Å². The van der Waals surface area contributed by atoms with Gasteiger partial charge in [0, 0.05) is 5.56 Å². The second kappa shape index (κ2) is 8.49. The van der Waals surface area contributed by atoms with Gasteiger partial charge < -0.3 is 0 Å². The Kier molecular flexibility index (Phi) is 5.95. The molecule has 2 heterocycles. The molecule has 2 aromatic rings. The number of imide groups is 1. The largest absolute Gasteiger partial charge is 0.291 e. The molecule has 156 valence electrons. The zero-order valence-corrected chi connectivity index (χ0v) is 18.2. The molecule has 9 heteroatoms. The average molecular weight is 465 g/mol. The van der Waals surface area contributed by atoms with E-state index in [2.05, 4.69) is 0 Å². The maximum atomic E-state index is 13.3. The fourth-order valence-corrected chi connectivity index (χ4v) is 5.00. The summed E-state index contributed by atoms with van der Waals surface area (Å²) in [6.45, 7) is -0.420. The highest BCUT2D eigenvalue weighted by Crippen LogP contribution is 2.39. The number of amides is 3. The molecule has 2 fully saturated rings. The number of benzene rings is 1. The molecular formula is C21H18Cl2N2O4S. The Morgan fingerprint density at radius 1 is 1.03 bits per heavy atom. The number of hydrogen-bond donors (Lipinski definition) is 0. The summed E-state index contributed by atoms with van der Waals surface area (Å²) in [6, 6.07) is 7.65. The molecule has 1 aromatic heterocycles. The Hall–Kier alpha value is -2.22. The Morgan fingerprint density at radius 3 is 2.27 bits per heavy atom. The summed E-state index contributed by atoms with van der Waals surface area (Å²) < 4.78 is 0. The van der Waals surface area contributed by atoms with E-state index in [1.54, 1.807) is 17.5 Å². The van der Waals surface area contributed by atoms with E-state index >= 15 is 0 Å². The van der Waals surface area contributed by atoms with Crippen molar-refractivity contribution in [1.82, 2.24) is 10.0 Å². The third-order valence-electron chi connectivity index (χ3n) is 5.55. The number of carbonyl (C=O) groups is 4. The van der Waals surface area contributed by atoms with Gasteiger partial charge in [0.05, 0.1) is 26.8 Å². The van der Waals surface area contributed by atoms with Crippen LogP contribution in [0, 0.1) is 11.8 Å². The highest BCUT2D eigenvalue weighted by molar-refractivity contribution is 7.12. The Balaban J connectivity index is 1.70. The molecule has 30 heavy (non-hydrogen) atoms. The minimum Gasteiger partial charge on any atom is -0.291 e. The molecule has 0 spiro atoms. The first-order valence-electron chi connectivity index (χ1n) is 9.60. The molecule has 0 bridgehead atoms. The topological polar surface area (TPSA) is 74.8 Å². The lowest BCUT2D eigenvalue weighted by Gasteiger charge is -2.30. The third-order valence-corrected chi connectivity index (χ3v) is 7.20. The first-order valence-corrected chi connectivity index (χ1v) is 11.2. The van der Waals surface area contributed by atoms with Gasteiger partial charge in [-0.1, -0.05) is 42.1 Å². The lowest BCUT2D eigenvalue weighted by atomic mass is 9.81. The Morgan fingerprint density at radius 2 is 1.70 bits per heavy atom. The maximum Gasteiger partial charge on any atom is 0.273 e. The number of Topliss-reactive ketones (excluding diaryl/α,β-unsaturated/α-hetero) is 1. The average Bonchev–Trinajstić information content (AvgIpc) is 3.36. The predicted molar refractivity (Wildman–Crippen MR) is 113 cm³/mol. The van der Waals surface area contributed by atoms with Crippen LogP contribution in [0.1, 0.15) is 45.7 Å². The number of rotatable bonds is 5. The summed E-state index contributed by atoms with van der Waals surface area (Å²) in [4.78, 5) is 52.7. The highest BCUT2D eigenvalue weighted by Gasteiger charge is 2.51. The fraction of sp³-hybridized carbons (Fsp3) is 0.333. The summed E-state index contributed by atoms with van der Waals surface area (Å²) in [5.74, 6) is -2.72. The van der Waals surface area contributed by atoms with Gasteiger partial charge in [-0.15, -0.1) is 11.3 Å². The molecular weight excluding hydrogens is 447 g/mol. The van der Waals surface area contributed by atoms with Crippen LogP contribution in [0.3, 0.4) is 0 Å². The van der Waals surface area contributed by atoms with E-state index in [1.165, 1.54) is 29.5 Å². The summed E-state index contributed by atoms with van der Waals surface area (Å²) in [5.41, 5.74) is 0.138. The van der Waals surface area contributed by atoms with Crippen molar-refractivity contribution in [3.63, 3.8) is 0 Å². The quantitative estimate of drug-likeness (QED) is 0.483. The fourth-order valence-electron chi connectivity index (χ4n) is 4.05. The molecule has 0 radical (unpaired) electrons. The van der Waals surface area contributed by atoms with Crippen LogP contribution in [0.15, 0.2) is 35.7 Å². The van der Waals surface area contributed by atoms with Gasteiger partial charge in [0.2, 0.25) is 0 Å². The molecule has 1 aromatic carbocycles. The molecule has 4 rings (SSSR count). The monoisotopic (exact) mass is 464 g/mol. The van der Waals surface area contributed by atoms with Gasteiger partial charge in [0.25, 0.3) is 17.7 Å². The van der Waals surface area contributed by atoms with Gasteiger partial charge >= 0.3 is 0 Å². The minimum atomic E-state index is -0.654. The first kappa shape index (κ1) is 21.0. The van der Waals surface area contributed by atoms with Crippen LogP contribution in [0.5, 0.6) is 0 Å². The Labute approximate surface area is 187 Å². The Bertz CT molecular complexity index is 1000. The first-order chi connectivity index (χ1) is 14.4. The van der Waals surface area contributed by atoms with Crippen LogP contribution in [-0.4, -0.2) is 40.1 Å². The highest BCUT2D eigenvalue weighted by atomic mass is 35.5. The number of fused-ring (bicyclic) bond motifs is 1. The van der Waals surface area contributed by atoms with E-state index in [0.717, 1.165) is 22.9 Å². The molecule has 2 aliphatic rings. The number of hydrazine groups is 1. The van der Waals surface area contributed by atoms with Gasteiger partial charge in [0.15, 0.2) is 5.78 Å². The second-order valence-corrected chi connectivity index (χ2v) is 9.14. The van der Waals surface area contributed by atoms with Crippen molar-refractivity contribution < 1.29 is 19.2 Å². The van der Waals surface area contributed by atoms with Gasteiger partial charge in [0.1, 0.15) is 6.54 Å². The molecule has 6 nitrogen and oxygen atoms in total. The van der Waals surface area contributed by atoms with E-state index in [0.29, 0.717) is 17.7 Å². The standard InChI is InChI=1S/C21H18Cl2N2O4S/c22-15-8-7-12(10-16(15)23)19(27)24(11-17(26)18-6-3-9-30-18)25-20(28)13-4-1-2-5-14(13)21(25)29/h3,6-10,13-14H,1-2,4-5,11H2/t13-,14-/m0/s1. The summed E-state index contributed by atoms with van der Waals surface area (Å²) in [5, 5.41) is 4.04. The van der Waals surface area contributed by atoms with E-state index in [4.69, 9.17) is 23.2 Å². The van der Waals surface area contributed by atoms with E-state index in [1.807, 2.05) is 0 Å². The lowest BCUT2D eigenvalue weighted by Crippen LogP contribution is -2.52. The molecule has 2 atom stereocenters. The summed E-state index contributed by atoms with van der Waals surface area (Å²) >= 11 is 13.2. The van der Waals surface area contributed by atoms with E-state index in [9.17, 15) is 19.2 Å². The van der Waals surface area contributed by atoms with Crippen molar-refractivity contribution >= 4 is 58.0 Å². The predicted octanol–water partition coefficient (Wildman–Crippen LogP) is 4.47. The zero-order valence-electron chi connectivity index (χ0n) is 15.8. The molecule has 1 aliphatic carbocycles. The minimum absolute atomic E-state index is 0.138. The van der Waals surface area contributed by atoms with Crippen LogP contribution in [-0.2, 0) is 9.59 Å². The smallest absolute Gasteiger partial charge is 0.273 e. The van der Waals surface area contributed by atoms with E-state index in [-0.39, 0.29) is 21.4 Å². The third kappa shape index (κ3) is 3.77. The number of hydrogen-bond acceptors (Lipinski definition) is 5. The van der Waals surface area contributed by atoms with Crippen LogP contribution >= 0.6 is 34.5 Å². The van der Waals surface area contributed by atoms with Crippen molar-refractivity contribution in [2.24, 2.45) is 11.8 Å². The molecule has 1 saturated heterocycles. The van der Waals surface area contributed by atoms with Crippen LogP contribution in [0.2, 0.25) is 10.0 Å². The van der Waals surface area contributed by atoms with Crippen LogP contribution in [0.4, 0.5) is 0 Å².